The molecular formula is C25H29N5O4. The van der Waals surface area contributed by atoms with Gasteiger partial charge in [-0.15, -0.1) is 10.2 Å². The molecule has 1 aromatic heterocycles. The molecule has 1 aliphatic rings. The average molecular weight is 464 g/mol. The second-order valence-corrected chi connectivity index (χ2v) is 8.03. The number of aromatic nitrogens is 2. The van der Waals surface area contributed by atoms with E-state index in [-0.39, 0.29) is 12.5 Å². The molecule has 34 heavy (non-hydrogen) atoms. The number of methoxy groups -OCH3 is 2. The van der Waals surface area contributed by atoms with E-state index in [0.717, 1.165) is 43.3 Å². The molecule has 2 heterocycles. The molecule has 1 fully saturated rings. The molecule has 4 rings (SSSR count). The fraction of sp³-hybridized carbons (Fsp3) is 0.320. The van der Waals surface area contributed by atoms with Crippen molar-refractivity contribution in [2.24, 2.45) is 0 Å². The summed E-state index contributed by atoms with van der Waals surface area (Å²) in [5, 5.41) is 11.7. The van der Waals surface area contributed by atoms with Crippen molar-refractivity contribution in [2.45, 2.75) is 0 Å². The summed E-state index contributed by atoms with van der Waals surface area (Å²) in [5.74, 6) is 2.25. The normalized spacial score (nSPS) is 13.9. The molecule has 1 aliphatic heterocycles. The zero-order chi connectivity index (χ0) is 23.9. The van der Waals surface area contributed by atoms with Crippen molar-refractivity contribution in [1.29, 1.82) is 0 Å². The average Bonchev–Trinajstić information content (AvgIpc) is 2.88. The van der Waals surface area contributed by atoms with Crippen molar-refractivity contribution >= 4 is 17.4 Å². The second-order valence-electron chi connectivity index (χ2n) is 8.03. The number of ether oxygens (including phenoxy) is 3. The van der Waals surface area contributed by atoms with E-state index >= 15 is 0 Å². The molecule has 2 aromatic carbocycles. The quantitative estimate of drug-likeness (QED) is 0.546. The predicted molar refractivity (Wildman–Crippen MR) is 131 cm³/mol. The molecule has 1 saturated heterocycles. The maximum absolute atomic E-state index is 12.4. The van der Waals surface area contributed by atoms with Gasteiger partial charge >= 0.3 is 0 Å². The number of rotatable bonds is 8. The van der Waals surface area contributed by atoms with Crippen molar-refractivity contribution in [3.05, 3.63) is 54.6 Å². The molecule has 9 nitrogen and oxygen atoms in total. The van der Waals surface area contributed by atoms with Gasteiger partial charge in [0.25, 0.3) is 5.91 Å². The predicted octanol–water partition coefficient (Wildman–Crippen LogP) is 2.93. The van der Waals surface area contributed by atoms with Gasteiger partial charge in [-0.25, -0.2) is 0 Å². The molecule has 0 unspecified atom stereocenters. The molecule has 178 valence electrons. The van der Waals surface area contributed by atoms with Gasteiger partial charge in [0.15, 0.2) is 12.4 Å². The Hall–Kier alpha value is -3.85. The van der Waals surface area contributed by atoms with E-state index in [0.29, 0.717) is 22.9 Å². The van der Waals surface area contributed by atoms with Crippen molar-refractivity contribution in [3.8, 4) is 28.5 Å². The summed E-state index contributed by atoms with van der Waals surface area (Å²) in [6, 6.07) is 16.6. The number of piperazine rings is 1. The SMILES string of the molecule is COc1cc(OC)cc(OCC(=O)Nc2cccc(-c3ccc(N4CCN(C)CC4)nn3)c2)c1. The summed E-state index contributed by atoms with van der Waals surface area (Å²) in [4.78, 5) is 17.0. The van der Waals surface area contributed by atoms with Crippen LogP contribution in [-0.4, -0.2) is 75.1 Å². The minimum Gasteiger partial charge on any atom is -0.496 e. The van der Waals surface area contributed by atoms with Gasteiger partial charge in [-0.2, -0.15) is 0 Å². The lowest BCUT2D eigenvalue weighted by atomic mass is 10.1. The lowest BCUT2D eigenvalue weighted by molar-refractivity contribution is -0.118. The highest BCUT2D eigenvalue weighted by Gasteiger charge is 2.16. The number of anilines is 2. The monoisotopic (exact) mass is 463 g/mol. The highest BCUT2D eigenvalue weighted by molar-refractivity contribution is 5.92. The number of carbonyl (C=O) groups is 1. The molecule has 1 N–H and O–H groups in total. The summed E-state index contributed by atoms with van der Waals surface area (Å²) in [7, 11) is 5.24. The molecular weight excluding hydrogens is 434 g/mol. The van der Waals surface area contributed by atoms with Crippen LogP contribution in [0.2, 0.25) is 0 Å². The van der Waals surface area contributed by atoms with Crippen molar-refractivity contribution in [3.63, 3.8) is 0 Å². The number of hydrogen-bond donors (Lipinski definition) is 1. The number of benzene rings is 2. The first kappa shape index (κ1) is 23.3. The van der Waals surface area contributed by atoms with Crippen LogP contribution in [0.1, 0.15) is 0 Å². The van der Waals surface area contributed by atoms with E-state index in [1.165, 1.54) is 0 Å². The van der Waals surface area contributed by atoms with E-state index in [9.17, 15) is 4.79 Å². The summed E-state index contributed by atoms with van der Waals surface area (Å²) in [5.41, 5.74) is 2.27. The van der Waals surface area contributed by atoms with E-state index in [1.807, 2.05) is 36.4 Å². The Labute approximate surface area is 199 Å². The lowest BCUT2D eigenvalue weighted by Crippen LogP contribution is -2.44. The Bertz CT molecular complexity index is 1090. The van der Waals surface area contributed by atoms with Gasteiger partial charge in [-0.1, -0.05) is 12.1 Å². The van der Waals surface area contributed by atoms with Gasteiger partial charge in [0.2, 0.25) is 0 Å². The van der Waals surface area contributed by atoms with Crippen LogP contribution in [0, 0.1) is 0 Å². The minimum absolute atomic E-state index is 0.153. The number of hydrogen-bond acceptors (Lipinski definition) is 8. The number of amides is 1. The van der Waals surface area contributed by atoms with Crippen molar-refractivity contribution in [1.82, 2.24) is 15.1 Å². The molecule has 0 bridgehead atoms. The van der Waals surface area contributed by atoms with Crippen LogP contribution in [0.4, 0.5) is 11.5 Å². The van der Waals surface area contributed by atoms with Gasteiger partial charge in [0.05, 0.1) is 19.9 Å². The molecule has 0 radical (unpaired) electrons. The molecule has 0 saturated carbocycles. The van der Waals surface area contributed by atoms with Crippen LogP contribution in [0.3, 0.4) is 0 Å². The zero-order valence-electron chi connectivity index (χ0n) is 19.7. The van der Waals surface area contributed by atoms with Gasteiger partial charge < -0.3 is 29.3 Å². The topological polar surface area (TPSA) is 89.1 Å². The minimum atomic E-state index is -0.282. The number of nitrogens with zero attached hydrogens (tertiary/aromatic N) is 4. The number of likely N-dealkylation sites (N-methyl/N-ethyl adjacent to an activating group) is 1. The fourth-order valence-corrected chi connectivity index (χ4v) is 3.65. The molecule has 3 aromatic rings. The Morgan fingerprint density at radius 1 is 0.912 bits per heavy atom. The first-order chi connectivity index (χ1) is 16.5. The van der Waals surface area contributed by atoms with Crippen molar-refractivity contribution < 1.29 is 19.0 Å². The standard InChI is InChI=1S/C25H29N5O4/c1-29-9-11-30(12-10-29)24-8-7-23(27-28-24)18-5-4-6-19(13-18)26-25(31)17-34-22-15-20(32-2)14-21(16-22)33-3/h4-8,13-16H,9-12,17H2,1-3H3,(H,26,31). The van der Waals surface area contributed by atoms with Gasteiger partial charge in [-0.05, 0) is 31.3 Å². The second kappa shape index (κ2) is 10.8. The molecule has 0 spiro atoms. The molecule has 1 amide bonds. The van der Waals surface area contributed by atoms with Crippen LogP contribution in [0.25, 0.3) is 11.3 Å². The Kier molecular flexibility index (Phi) is 7.44. The Balaban J connectivity index is 1.36. The first-order valence-corrected chi connectivity index (χ1v) is 11.1. The van der Waals surface area contributed by atoms with Gasteiger partial charge in [-0.3, -0.25) is 4.79 Å². The van der Waals surface area contributed by atoms with Crippen LogP contribution >= 0.6 is 0 Å². The third-order valence-corrected chi connectivity index (χ3v) is 5.61. The smallest absolute Gasteiger partial charge is 0.262 e. The highest BCUT2D eigenvalue weighted by Crippen LogP contribution is 2.27. The third kappa shape index (κ3) is 5.93. The molecule has 9 heteroatoms. The summed E-state index contributed by atoms with van der Waals surface area (Å²) >= 11 is 0. The fourth-order valence-electron chi connectivity index (χ4n) is 3.65. The van der Waals surface area contributed by atoms with Gasteiger partial charge in [0.1, 0.15) is 17.2 Å². The molecule has 0 aliphatic carbocycles. The highest BCUT2D eigenvalue weighted by atomic mass is 16.5. The largest absolute Gasteiger partial charge is 0.496 e. The van der Waals surface area contributed by atoms with Gasteiger partial charge in [0, 0.05) is 55.6 Å². The summed E-state index contributed by atoms with van der Waals surface area (Å²) < 4.78 is 16.1. The van der Waals surface area contributed by atoms with E-state index < -0.39 is 0 Å². The zero-order valence-corrected chi connectivity index (χ0v) is 19.7. The third-order valence-electron chi connectivity index (χ3n) is 5.61. The Morgan fingerprint density at radius 3 is 2.26 bits per heavy atom. The summed E-state index contributed by atoms with van der Waals surface area (Å²) in [6.07, 6.45) is 0. The summed E-state index contributed by atoms with van der Waals surface area (Å²) in [6.45, 7) is 3.76. The van der Waals surface area contributed by atoms with Crippen molar-refractivity contribution in [2.75, 3.05) is 64.3 Å². The van der Waals surface area contributed by atoms with Crippen LogP contribution in [-0.2, 0) is 4.79 Å². The molecule has 0 atom stereocenters. The van der Waals surface area contributed by atoms with E-state index in [4.69, 9.17) is 14.2 Å². The maximum atomic E-state index is 12.4. The van der Waals surface area contributed by atoms with Crippen LogP contribution < -0.4 is 24.4 Å². The number of nitrogens with one attached hydrogen (secondary N) is 1. The Morgan fingerprint density at radius 2 is 1.62 bits per heavy atom. The van der Waals surface area contributed by atoms with E-state index in [1.54, 1.807) is 32.4 Å². The lowest BCUT2D eigenvalue weighted by Gasteiger charge is -2.32. The van der Waals surface area contributed by atoms with E-state index in [2.05, 4.69) is 32.4 Å². The van der Waals surface area contributed by atoms with Crippen LogP contribution in [0.15, 0.2) is 54.6 Å². The first-order valence-electron chi connectivity index (χ1n) is 11.1. The van der Waals surface area contributed by atoms with Crippen LogP contribution in [0.5, 0.6) is 17.2 Å². The maximum Gasteiger partial charge on any atom is 0.262 e. The number of carbonyl (C=O) groups excluding carboxylic acids is 1.